The summed E-state index contributed by atoms with van der Waals surface area (Å²) in [4.78, 5) is 7.07. The van der Waals surface area contributed by atoms with Crippen molar-refractivity contribution >= 4 is 39.8 Å². The van der Waals surface area contributed by atoms with Crippen LogP contribution >= 0.6 is 24.0 Å². The van der Waals surface area contributed by atoms with Crippen LogP contribution < -0.4 is 10.6 Å². The van der Waals surface area contributed by atoms with Gasteiger partial charge in [0.15, 0.2) is 15.8 Å². The van der Waals surface area contributed by atoms with Gasteiger partial charge in [-0.2, -0.15) is 0 Å². The average Bonchev–Trinajstić information content (AvgIpc) is 2.74. The molecule has 0 amide bonds. The van der Waals surface area contributed by atoms with E-state index in [1.165, 1.54) is 17.4 Å². The van der Waals surface area contributed by atoms with Crippen molar-refractivity contribution in [3.8, 4) is 0 Å². The molecule has 2 aromatic rings. The topological polar surface area (TPSA) is 83.0 Å². The normalized spacial score (nSPS) is 15.2. The molecule has 0 saturated carbocycles. The Hall–Kier alpha value is -1.69. The zero-order valence-electron chi connectivity index (χ0n) is 18.9. The zero-order valence-corrected chi connectivity index (χ0v) is 22.1. The van der Waals surface area contributed by atoms with Crippen LogP contribution in [0.1, 0.15) is 22.3 Å². The molecule has 32 heavy (non-hydrogen) atoms. The fourth-order valence-electron chi connectivity index (χ4n) is 3.69. The molecule has 1 aliphatic rings. The summed E-state index contributed by atoms with van der Waals surface area (Å²) in [6, 6.07) is 14.0. The van der Waals surface area contributed by atoms with Gasteiger partial charge in [-0.25, -0.2) is 8.42 Å². The summed E-state index contributed by atoms with van der Waals surface area (Å²) in [5.41, 5.74) is 4.25. The highest BCUT2D eigenvalue weighted by Crippen LogP contribution is 2.16. The third kappa shape index (κ3) is 8.02. The molecule has 0 atom stereocenters. The number of aryl methyl sites for hydroxylation is 1. The number of nitrogens with zero attached hydrogens (tertiary/aromatic N) is 2. The molecular formula is C23H33IN4O3S. The largest absolute Gasteiger partial charge is 0.379 e. The number of ether oxygens (including phenoxy) is 1. The molecule has 1 fully saturated rings. The number of benzene rings is 2. The highest BCUT2D eigenvalue weighted by atomic mass is 127. The van der Waals surface area contributed by atoms with E-state index in [1.807, 2.05) is 19.1 Å². The number of rotatable bonds is 7. The lowest BCUT2D eigenvalue weighted by Crippen LogP contribution is -2.36. The van der Waals surface area contributed by atoms with Crippen LogP contribution in [0.4, 0.5) is 0 Å². The molecule has 2 aromatic carbocycles. The molecule has 1 aliphatic heterocycles. The number of nitrogens with one attached hydrogen (secondary N) is 2. The van der Waals surface area contributed by atoms with E-state index in [1.54, 1.807) is 13.1 Å². The maximum absolute atomic E-state index is 11.8. The minimum Gasteiger partial charge on any atom is -0.379 e. The van der Waals surface area contributed by atoms with E-state index in [0.717, 1.165) is 44.0 Å². The predicted molar refractivity (Wildman–Crippen MR) is 139 cm³/mol. The summed E-state index contributed by atoms with van der Waals surface area (Å²) in [6.07, 6.45) is 1.23. The van der Waals surface area contributed by atoms with Gasteiger partial charge in [0, 0.05) is 46.0 Å². The maximum atomic E-state index is 11.8. The number of morpholine rings is 1. The first kappa shape index (κ1) is 26.6. The Bertz CT molecular complexity index is 1020. The van der Waals surface area contributed by atoms with Crippen molar-refractivity contribution in [3.63, 3.8) is 0 Å². The standard InChI is InChI=1S/C23H32N4O3S.HI/c1-18-13-20(7-8-22(18)31(3,28)29)16-26-23(24-2)25-15-19-5-4-6-21(14-19)17-27-9-11-30-12-10-27;/h4-8,13-14H,9-12,15-17H2,1-3H3,(H2,24,25,26);1H. The van der Waals surface area contributed by atoms with Gasteiger partial charge in [0.25, 0.3) is 0 Å². The molecule has 176 valence electrons. The van der Waals surface area contributed by atoms with Crippen molar-refractivity contribution in [1.29, 1.82) is 0 Å². The van der Waals surface area contributed by atoms with E-state index in [4.69, 9.17) is 4.74 Å². The summed E-state index contributed by atoms with van der Waals surface area (Å²) in [5.74, 6) is 0.698. The summed E-state index contributed by atoms with van der Waals surface area (Å²) in [5, 5.41) is 6.64. The second-order valence-corrected chi connectivity index (χ2v) is 9.84. The second-order valence-electron chi connectivity index (χ2n) is 7.86. The first-order chi connectivity index (χ1) is 14.8. The predicted octanol–water partition coefficient (Wildman–Crippen LogP) is 2.71. The molecule has 7 nitrogen and oxygen atoms in total. The molecule has 1 saturated heterocycles. The first-order valence-corrected chi connectivity index (χ1v) is 12.4. The Labute approximate surface area is 208 Å². The van der Waals surface area contributed by atoms with Gasteiger partial charge in [-0.15, -0.1) is 24.0 Å². The number of sulfone groups is 1. The van der Waals surface area contributed by atoms with E-state index < -0.39 is 9.84 Å². The first-order valence-electron chi connectivity index (χ1n) is 10.5. The van der Waals surface area contributed by atoms with Crippen molar-refractivity contribution in [2.24, 2.45) is 4.99 Å². The van der Waals surface area contributed by atoms with Crippen LogP contribution in [0.3, 0.4) is 0 Å². The highest BCUT2D eigenvalue weighted by molar-refractivity contribution is 14.0. The van der Waals surface area contributed by atoms with E-state index in [9.17, 15) is 8.42 Å². The van der Waals surface area contributed by atoms with Crippen molar-refractivity contribution in [2.75, 3.05) is 39.6 Å². The van der Waals surface area contributed by atoms with Crippen LogP contribution in [0, 0.1) is 6.92 Å². The summed E-state index contributed by atoms with van der Waals surface area (Å²) in [6.45, 7) is 7.54. The summed E-state index contributed by atoms with van der Waals surface area (Å²) < 4.78 is 29.0. The minimum atomic E-state index is -3.20. The van der Waals surface area contributed by atoms with Crippen LogP contribution in [0.15, 0.2) is 52.4 Å². The molecule has 0 spiro atoms. The number of halogens is 1. The van der Waals surface area contributed by atoms with Gasteiger partial charge in [-0.3, -0.25) is 9.89 Å². The fourth-order valence-corrected chi connectivity index (χ4v) is 4.64. The zero-order chi connectivity index (χ0) is 22.3. The molecule has 0 radical (unpaired) electrons. The molecule has 0 bridgehead atoms. The van der Waals surface area contributed by atoms with E-state index in [2.05, 4.69) is 44.8 Å². The Kier molecular flexibility index (Phi) is 10.4. The van der Waals surface area contributed by atoms with Gasteiger partial charge in [0.2, 0.25) is 0 Å². The van der Waals surface area contributed by atoms with Crippen LogP contribution in [0.2, 0.25) is 0 Å². The van der Waals surface area contributed by atoms with Crippen molar-refractivity contribution in [2.45, 2.75) is 31.5 Å². The fraction of sp³-hybridized carbons (Fsp3) is 0.435. The Balaban J connectivity index is 0.00000363. The number of hydrogen-bond acceptors (Lipinski definition) is 5. The monoisotopic (exact) mass is 572 g/mol. The Morgan fingerprint density at radius 3 is 2.25 bits per heavy atom. The van der Waals surface area contributed by atoms with Crippen LogP contribution in [-0.2, 0) is 34.2 Å². The average molecular weight is 573 g/mol. The second kappa shape index (κ2) is 12.5. The van der Waals surface area contributed by atoms with Gasteiger partial charge in [-0.05, 0) is 35.2 Å². The van der Waals surface area contributed by atoms with Crippen LogP contribution in [-0.4, -0.2) is 58.9 Å². The molecule has 1 heterocycles. The number of guanidine groups is 1. The smallest absolute Gasteiger partial charge is 0.191 e. The summed E-state index contributed by atoms with van der Waals surface area (Å²) in [7, 11) is -1.47. The van der Waals surface area contributed by atoms with Crippen LogP contribution in [0.5, 0.6) is 0 Å². The Morgan fingerprint density at radius 2 is 1.66 bits per heavy atom. The summed E-state index contributed by atoms with van der Waals surface area (Å²) >= 11 is 0. The lowest BCUT2D eigenvalue weighted by molar-refractivity contribution is 0.0342. The third-order valence-corrected chi connectivity index (χ3v) is 6.54. The minimum absolute atomic E-state index is 0. The van der Waals surface area contributed by atoms with Crippen LogP contribution in [0.25, 0.3) is 0 Å². The lowest BCUT2D eigenvalue weighted by Gasteiger charge is -2.26. The van der Waals surface area contributed by atoms with Crippen molar-refractivity contribution in [3.05, 3.63) is 64.7 Å². The van der Waals surface area contributed by atoms with Gasteiger partial charge in [0.05, 0.1) is 18.1 Å². The SMILES string of the molecule is CN=C(NCc1cccc(CN2CCOCC2)c1)NCc1ccc(S(C)(=O)=O)c(C)c1.I. The molecule has 3 rings (SSSR count). The number of aliphatic imine (C=N–C) groups is 1. The van der Waals surface area contributed by atoms with Gasteiger partial charge < -0.3 is 15.4 Å². The molecule has 0 aliphatic carbocycles. The maximum Gasteiger partial charge on any atom is 0.191 e. The molecule has 0 aromatic heterocycles. The van der Waals surface area contributed by atoms with E-state index in [0.29, 0.717) is 23.9 Å². The quantitative estimate of drug-likeness (QED) is 0.302. The molecular weight excluding hydrogens is 539 g/mol. The van der Waals surface area contributed by atoms with Crippen molar-refractivity contribution in [1.82, 2.24) is 15.5 Å². The Morgan fingerprint density at radius 1 is 1.03 bits per heavy atom. The van der Waals surface area contributed by atoms with E-state index >= 15 is 0 Å². The van der Waals surface area contributed by atoms with Gasteiger partial charge in [0.1, 0.15) is 0 Å². The van der Waals surface area contributed by atoms with E-state index in [-0.39, 0.29) is 24.0 Å². The van der Waals surface area contributed by atoms with Gasteiger partial charge >= 0.3 is 0 Å². The van der Waals surface area contributed by atoms with Crippen molar-refractivity contribution < 1.29 is 13.2 Å². The molecule has 0 unspecified atom stereocenters. The molecule has 2 N–H and O–H groups in total. The van der Waals surface area contributed by atoms with Gasteiger partial charge in [-0.1, -0.05) is 36.4 Å². The molecule has 9 heteroatoms. The lowest BCUT2D eigenvalue weighted by atomic mass is 10.1. The highest BCUT2D eigenvalue weighted by Gasteiger charge is 2.12. The third-order valence-electron chi connectivity index (χ3n) is 5.28. The number of hydrogen-bond donors (Lipinski definition) is 2.